The quantitative estimate of drug-likeness (QED) is 0.751. The van der Waals surface area contributed by atoms with Gasteiger partial charge < -0.3 is 5.11 Å². The fraction of sp³-hybridized carbons (Fsp3) is 0.455. The number of aliphatic carboxylic acids is 1. The first-order chi connectivity index (χ1) is 8.78. The Hall–Kier alpha value is -1.41. The highest BCUT2D eigenvalue weighted by Gasteiger charge is 2.13. The number of hydrogen-bond donors (Lipinski definition) is 2. The van der Waals surface area contributed by atoms with Crippen LogP contribution in [0.3, 0.4) is 0 Å². The van der Waals surface area contributed by atoms with Crippen LogP contribution in [0, 0.1) is 5.92 Å². The number of hydrogen-bond acceptors (Lipinski definition) is 5. The predicted octanol–water partition coefficient (Wildman–Crippen LogP) is 2.03. The number of rotatable bonds is 7. The minimum Gasteiger partial charge on any atom is -0.478 e. The van der Waals surface area contributed by atoms with E-state index in [0.29, 0.717) is 17.2 Å². The van der Waals surface area contributed by atoms with Gasteiger partial charge in [-0.15, -0.1) is 0 Å². The van der Waals surface area contributed by atoms with Crippen molar-refractivity contribution in [3.05, 3.63) is 17.2 Å². The largest absolute Gasteiger partial charge is 0.478 e. The number of carboxylic acid groups (broad SMARTS) is 1. The van der Waals surface area contributed by atoms with Crippen molar-refractivity contribution in [2.24, 2.45) is 5.92 Å². The van der Waals surface area contributed by atoms with Gasteiger partial charge in [-0.05, 0) is 18.4 Å². The second kappa shape index (κ2) is 6.67. The van der Waals surface area contributed by atoms with Crippen LogP contribution in [0.2, 0.25) is 0 Å². The maximum absolute atomic E-state index is 11.7. The van der Waals surface area contributed by atoms with Crippen LogP contribution in [0.25, 0.3) is 6.08 Å². The first kappa shape index (κ1) is 15.6. The van der Waals surface area contributed by atoms with Gasteiger partial charge in [-0.2, -0.15) is 0 Å². The summed E-state index contributed by atoms with van der Waals surface area (Å²) in [7, 11) is -3.39. The molecule has 0 bridgehead atoms. The van der Waals surface area contributed by atoms with E-state index >= 15 is 0 Å². The van der Waals surface area contributed by atoms with Crippen molar-refractivity contribution >= 4 is 38.5 Å². The second-order valence-corrected chi connectivity index (χ2v) is 7.25. The average Bonchev–Trinajstić information content (AvgIpc) is 2.71. The molecule has 0 aromatic carbocycles. The van der Waals surface area contributed by atoms with Crippen molar-refractivity contribution in [3.63, 3.8) is 0 Å². The Morgan fingerprint density at radius 3 is 2.84 bits per heavy atom. The van der Waals surface area contributed by atoms with Crippen LogP contribution in [0.15, 0.2) is 12.3 Å². The van der Waals surface area contributed by atoms with Gasteiger partial charge in [0.05, 0.1) is 5.75 Å². The van der Waals surface area contributed by atoms with Gasteiger partial charge in [-0.3, -0.25) is 4.72 Å². The molecule has 0 saturated carbocycles. The second-order valence-electron chi connectivity index (χ2n) is 4.34. The lowest BCUT2D eigenvalue weighted by Crippen LogP contribution is -2.17. The third kappa shape index (κ3) is 6.35. The maximum atomic E-state index is 11.7. The van der Waals surface area contributed by atoms with E-state index in [9.17, 15) is 13.2 Å². The Morgan fingerprint density at radius 1 is 1.58 bits per heavy atom. The van der Waals surface area contributed by atoms with Crippen LogP contribution in [0.1, 0.15) is 25.1 Å². The van der Waals surface area contributed by atoms with Gasteiger partial charge in [0.2, 0.25) is 10.0 Å². The molecule has 1 aromatic heterocycles. The van der Waals surface area contributed by atoms with Crippen molar-refractivity contribution in [1.29, 1.82) is 0 Å². The first-order valence-corrected chi connectivity index (χ1v) is 8.12. The molecular formula is C11H16N2O4S2. The fourth-order valence-corrected chi connectivity index (χ4v) is 3.46. The molecule has 0 radical (unpaired) electrons. The highest BCUT2D eigenvalue weighted by atomic mass is 32.2. The summed E-state index contributed by atoms with van der Waals surface area (Å²) in [6.07, 6.45) is 4.34. The van der Waals surface area contributed by atoms with E-state index in [1.165, 1.54) is 12.3 Å². The number of nitrogens with zero attached hydrogens (tertiary/aromatic N) is 1. The highest BCUT2D eigenvalue weighted by Crippen LogP contribution is 2.20. The molecule has 6 nitrogen and oxygen atoms in total. The molecule has 0 aliphatic carbocycles. The Kier molecular flexibility index (Phi) is 5.49. The Bertz CT molecular complexity index is 561. The van der Waals surface area contributed by atoms with Gasteiger partial charge in [0.15, 0.2) is 5.13 Å². The number of anilines is 1. The molecule has 1 aromatic rings. The summed E-state index contributed by atoms with van der Waals surface area (Å²) in [4.78, 5) is 14.8. The minimum absolute atomic E-state index is 0.0462. The normalized spacial score (nSPS) is 12.2. The number of thiazole rings is 1. The van der Waals surface area contributed by atoms with Gasteiger partial charge in [0.1, 0.15) is 0 Å². The van der Waals surface area contributed by atoms with Crippen LogP contribution >= 0.6 is 11.3 Å². The maximum Gasteiger partial charge on any atom is 0.328 e. The summed E-state index contributed by atoms with van der Waals surface area (Å²) >= 11 is 1.08. The Balaban J connectivity index is 2.65. The van der Waals surface area contributed by atoms with Gasteiger partial charge in [0, 0.05) is 17.2 Å². The van der Waals surface area contributed by atoms with E-state index in [-0.39, 0.29) is 10.9 Å². The molecule has 0 fully saturated rings. The van der Waals surface area contributed by atoms with E-state index in [2.05, 4.69) is 9.71 Å². The molecule has 0 unspecified atom stereocenters. The zero-order valence-electron chi connectivity index (χ0n) is 10.7. The Labute approximate surface area is 116 Å². The van der Waals surface area contributed by atoms with Crippen molar-refractivity contribution < 1.29 is 18.3 Å². The predicted molar refractivity (Wildman–Crippen MR) is 75.6 cm³/mol. The van der Waals surface area contributed by atoms with E-state index in [1.54, 1.807) is 0 Å². The number of carboxylic acids is 1. The van der Waals surface area contributed by atoms with Gasteiger partial charge in [0.25, 0.3) is 0 Å². The summed E-state index contributed by atoms with van der Waals surface area (Å²) in [5.74, 6) is -0.709. The van der Waals surface area contributed by atoms with Gasteiger partial charge >= 0.3 is 5.97 Å². The molecule has 0 saturated heterocycles. The zero-order chi connectivity index (χ0) is 14.5. The van der Waals surface area contributed by atoms with Crippen molar-refractivity contribution in [2.45, 2.75) is 20.3 Å². The lowest BCUT2D eigenvalue weighted by atomic mass is 10.2. The molecule has 0 atom stereocenters. The smallest absolute Gasteiger partial charge is 0.328 e. The standard InChI is InChI=1S/C11H16N2O4S2/c1-8(2)5-6-19(16,17)13-11-12-7-9(18-11)3-4-10(14)15/h3-4,7-8H,5-6H2,1-2H3,(H,12,13)(H,14,15)/b4-3+. The van der Waals surface area contributed by atoms with E-state index in [4.69, 9.17) is 5.11 Å². The topological polar surface area (TPSA) is 96.4 Å². The number of carbonyl (C=O) groups is 1. The highest BCUT2D eigenvalue weighted by molar-refractivity contribution is 7.92. The molecular weight excluding hydrogens is 288 g/mol. The van der Waals surface area contributed by atoms with Crippen molar-refractivity contribution in [2.75, 3.05) is 10.5 Å². The molecule has 0 aliphatic heterocycles. The van der Waals surface area contributed by atoms with Crippen molar-refractivity contribution in [1.82, 2.24) is 4.98 Å². The van der Waals surface area contributed by atoms with Gasteiger partial charge in [-0.1, -0.05) is 25.2 Å². The lowest BCUT2D eigenvalue weighted by molar-refractivity contribution is -0.131. The average molecular weight is 304 g/mol. The number of sulfonamides is 1. The SMILES string of the molecule is CC(C)CCS(=O)(=O)Nc1ncc(/C=C/C(=O)O)s1. The molecule has 1 rings (SSSR count). The van der Waals surface area contributed by atoms with Crippen LogP contribution in [-0.4, -0.2) is 30.2 Å². The molecule has 8 heteroatoms. The molecule has 106 valence electrons. The molecule has 0 spiro atoms. The summed E-state index contributed by atoms with van der Waals surface area (Å²) in [6, 6.07) is 0. The van der Waals surface area contributed by atoms with Crippen molar-refractivity contribution in [3.8, 4) is 0 Å². The van der Waals surface area contributed by atoms with E-state index in [1.807, 2.05) is 13.8 Å². The zero-order valence-corrected chi connectivity index (χ0v) is 12.3. The first-order valence-electron chi connectivity index (χ1n) is 5.66. The molecule has 0 aliphatic rings. The molecule has 19 heavy (non-hydrogen) atoms. The Morgan fingerprint density at radius 2 is 2.26 bits per heavy atom. The summed E-state index contributed by atoms with van der Waals surface area (Å²) < 4.78 is 25.8. The van der Waals surface area contributed by atoms with Gasteiger partial charge in [-0.25, -0.2) is 18.2 Å². The van der Waals surface area contributed by atoms with E-state index in [0.717, 1.165) is 17.4 Å². The lowest BCUT2D eigenvalue weighted by Gasteiger charge is -2.06. The van der Waals surface area contributed by atoms with E-state index < -0.39 is 16.0 Å². The summed E-state index contributed by atoms with van der Waals surface area (Å²) in [5.41, 5.74) is 0. The molecule has 1 heterocycles. The number of nitrogens with one attached hydrogen (secondary N) is 1. The van der Waals surface area contributed by atoms with Crippen LogP contribution < -0.4 is 4.72 Å². The monoisotopic (exact) mass is 304 g/mol. The summed E-state index contributed by atoms with van der Waals surface area (Å²) in [5, 5.41) is 8.72. The molecule has 0 amide bonds. The molecule has 2 N–H and O–H groups in total. The van der Waals surface area contributed by atoms with Crippen LogP contribution in [0.4, 0.5) is 5.13 Å². The minimum atomic E-state index is -3.39. The third-order valence-electron chi connectivity index (χ3n) is 2.12. The fourth-order valence-electron chi connectivity index (χ4n) is 1.14. The number of aromatic nitrogens is 1. The summed E-state index contributed by atoms with van der Waals surface area (Å²) in [6.45, 7) is 3.90. The third-order valence-corrected chi connectivity index (χ3v) is 4.41. The van der Waals surface area contributed by atoms with Crippen LogP contribution in [-0.2, 0) is 14.8 Å². The van der Waals surface area contributed by atoms with Crippen LogP contribution in [0.5, 0.6) is 0 Å².